The molecule has 0 amide bonds. The van der Waals surface area contributed by atoms with Crippen LogP contribution in [0.5, 0.6) is 0 Å². The number of hydrogen-bond donors (Lipinski definition) is 1. The van der Waals surface area contributed by atoms with Crippen molar-refractivity contribution in [2.24, 2.45) is 0 Å². The molecule has 0 aliphatic carbocycles. The molecule has 134 valence electrons. The van der Waals surface area contributed by atoms with Crippen LogP contribution in [0.15, 0.2) is 70.3 Å². The Hall–Kier alpha value is -2.93. The molecule has 0 bridgehead atoms. The molecular weight excluding hydrogens is 354 g/mol. The van der Waals surface area contributed by atoms with Gasteiger partial charge in [0.05, 0.1) is 11.1 Å². The van der Waals surface area contributed by atoms with Gasteiger partial charge in [-0.1, -0.05) is 36.4 Å². The molecule has 26 heavy (non-hydrogen) atoms. The van der Waals surface area contributed by atoms with Gasteiger partial charge in [-0.3, -0.25) is 4.79 Å². The van der Waals surface area contributed by atoms with E-state index < -0.39 is 21.2 Å². The molecule has 0 saturated heterocycles. The van der Waals surface area contributed by atoms with Gasteiger partial charge in [-0.25, -0.2) is 13.4 Å². The molecule has 0 fully saturated rings. The Balaban J connectivity index is 2.19. The lowest BCUT2D eigenvalue weighted by molar-refractivity contribution is -0.142. The number of benzene rings is 2. The summed E-state index contributed by atoms with van der Waals surface area (Å²) < 4.78 is 28.6. The van der Waals surface area contributed by atoms with Crippen LogP contribution in [-0.4, -0.2) is 30.7 Å². The highest BCUT2D eigenvalue weighted by Gasteiger charge is 2.43. The lowest BCUT2D eigenvalue weighted by atomic mass is 9.78. The summed E-state index contributed by atoms with van der Waals surface area (Å²) in [6, 6.07) is 13.4. The van der Waals surface area contributed by atoms with Crippen LogP contribution < -0.4 is 0 Å². The molecule has 3 rings (SSSR count). The molecule has 6 nitrogen and oxygen atoms in total. The van der Waals surface area contributed by atoms with Crippen LogP contribution in [0.3, 0.4) is 0 Å². The Morgan fingerprint density at radius 2 is 1.77 bits per heavy atom. The van der Waals surface area contributed by atoms with Gasteiger partial charge in [0, 0.05) is 6.26 Å². The van der Waals surface area contributed by atoms with Crippen LogP contribution in [0.4, 0.5) is 0 Å². The molecule has 1 atom stereocenters. The average molecular weight is 371 g/mol. The minimum Gasteiger partial charge on any atom is -0.480 e. The predicted molar refractivity (Wildman–Crippen MR) is 95.6 cm³/mol. The molecule has 0 saturated carbocycles. The minimum absolute atomic E-state index is 0.0743. The van der Waals surface area contributed by atoms with Gasteiger partial charge in [0.25, 0.3) is 0 Å². The van der Waals surface area contributed by atoms with Gasteiger partial charge >= 0.3 is 5.97 Å². The lowest BCUT2D eigenvalue weighted by Crippen LogP contribution is -2.34. The molecule has 0 aliphatic rings. The molecule has 7 heteroatoms. The fourth-order valence-corrected chi connectivity index (χ4v) is 3.48. The Bertz CT molecular complexity index is 1040. The highest BCUT2D eigenvalue weighted by molar-refractivity contribution is 7.90. The number of carboxylic acid groups (broad SMARTS) is 1. The van der Waals surface area contributed by atoms with Crippen LogP contribution in [-0.2, 0) is 20.0 Å². The molecular formula is C19H17NO5S. The quantitative estimate of drug-likeness (QED) is 0.740. The number of carboxylic acids is 1. The average Bonchev–Trinajstić information content (AvgIpc) is 3.15. The van der Waals surface area contributed by atoms with Gasteiger partial charge in [-0.15, -0.1) is 0 Å². The third-order valence-electron chi connectivity index (χ3n) is 4.35. The van der Waals surface area contributed by atoms with E-state index in [1.807, 2.05) is 0 Å². The molecule has 1 N–H and O–H groups in total. The normalized spacial score (nSPS) is 13.9. The SMILES string of the molecule is CC(C(=O)O)(c1ncco1)c1ccccc1-c1ccc(S(C)(=O)=O)cc1. The molecule has 0 radical (unpaired) electrons. The first-order valence-electron chi connectivity index (χ1n) is 7.78. The lowest BCUT2D eigenvalue weighted by Gasteiger charge is -2.24. The van der Waals surface area contributed by atoms with Crippen molar-refractivity contribution in [1.29, 1.82) is 0 Å². The second-order valence-electron chi connectivity index (χ2n) is 6.11. The highest BCUT2D eigenvalue weighted by Crippen LogP contribution is 2.38. The van der Waals surface area contributed by atoms with Gasteiger partial charge in [0.2, 0.25) is 5.89 Å². The Kier molecular flexibility index (Phi) is 4.41. The van der Waals surface area contributed by atoms with Crippen LogP contribution in [0.25, 0.3) is 11.1 Å². The van der Waals surface area contributed by atoms with Crippen LogP contribution in [0.2, 0.25) is 0 Å². The van der Waals surface area contributed by atoms with Gasteiger partial charge in [0.1, 0.15) is 6.26 Å². The van der Waals surface area contributed by atoms with E-state index in [1.54, 1.807) is 36.4 Å². The van der Waals surface area contributed by atoms with E-state index in [1.165, 1.54) is 31.5 Å². The van der Waals surface area contributed by atoms with Crippen molar-refractivity contribution in [2.75, 3.05) is 6.26 Å². The number of aliphatic carboxylic acids is 1. The largest absolute Gasteiger partial charge is 0.480 e. The predicted octanol–water partition coefficient (Wildman–Crippen LogP) is 3.14. The first kappa shape index (κ1) is 17.9. The fraction of sp³-hybridized carbons (Fsp3) is 0.158. The number of nitrogens with zero attached hydrogens (tertiary/aromatic N) is 1. The maximum atomic E-state index is 12.1. The number of carbonyl (C=O) groups is 1. The van der Waals surface area contributed by atoms with E-state index in [2.05, 4.69) is 4.98 Å². The third-order valence-corrected chi connectivity index (χ3v) is 5.48. The third kappa shape index (κ3) is 3.01. The monoisotopic (exact) mass is 371 g/mol. The zero-order valence-electron chi connectivity index (χ0n) is 14.2. The van der Waals surface area contributed by atoms with Gasteiger partial charge in [-0.05, 0) is 35.7 Å². The van der Waals surface area contributed by atoms with Gasteiger partial charge < -0.3 is 9.52 Å². The summed E-state index contributed by atoms with van der Waals surface area (Å²) in [6.07, 6.45) is 3.88. The Labute approximate surface area is 151 Å². The number of hydrogen-bond acceptors (Lipinski definition) is 5. The smallest absolute Gasteiger partial charge is 0.323 e. The summed E-state index contributed by atoms with van der Waals surface area (Å²) in [5.74, 6) is -1.02. The first-order chi connectivity index (χ1) is 12.2. The van der Waals surface area contributed by atoms with Crippen LogP contribution in [0.1, 0.15) is 18.4 Å². The van der Waals surface area contributed by atoms with Crippen molar-refractivity contribution in [3.05, 3.63) is 72.4 Å². The number of oxazole rings is 1. The van der Waals surface area contributed by atoms with E-state index in [-0.39, 0.29) is 10.8 Å². The highest BCUT2D eigenvalue weighted by atomic mass is 32.2. The van der Waals surface area contributed by atoms with Gasteiger partial charge in [0.15, 0.2) is 15.3 Å². The number of rotatable bonds is 5. The molecule has 0 aliphatic heterocycles. The second kappa shape index (κ2) is 6.42. The molecule has 1 heterocycles. The number of aromatic nitrogens is 1. The summed E-state index contributed by atoms with van der Waals surface area (Å²) in [5.41, 5.74) is 0.375. The topological polar surface area (TPSA) is 97.5 Å². The standard InChI is InChI=1S/C19H17NO5S/c1-19(18(21)22,17-20-11-12-25-17)16-6-4-3-5-15(16)13-7-9-14(10-8-13)26(2,23)24/h3-12H,1-2H3,(H,21,22). The van der Waals surface area contributed by atoms with Crippen molar-refractivity contribution >= 4 is 15.8 Å². The Morgan fingerprint density at radius 1 is 1.12 bits per heavy atom. The summed E-state index contributed by atoms with van der Waals surface area (Å²) in [5, 5.41) is 9.90. The van der Waals surface area contributed by atoms with Gasteiger partial charge in [-0.2, -0.15) is 0 Å². The molecule has 0 spiro atoms. The number of sulfone groups is 1. The molecule has 2 aromatic carbocycles. The first-order valence-corrected chi connectivity index (χ1v) is 9.67. The van der Waals surface area contributed by atoms with Crippen LogP contribution >= 0.6 is 0 Å². The van der Waals surface area contributed by atoms with E-state index in [0.717, 1.165) is 6.26 Å². The minimum atomic E-state index is -3.31. The van der Waals surface area contributed by atoms with Crippen molar-refractivity contribution < 1.29 is 22.7 Å². The molecule has 3 aromatic rings. The fourth-order valence-electron chi connectivity index (χ4n) is 2.84. The van der Waals surface area contributed by atoms with Crippen molar-refractivity contribution in [3.8, 4) is 11.1 Å². The van der Waals surface area contributed by atoms with Crippen molar-refractivity contribution in [2.45, 2.75) is 17.2 Å². The molecule has 1 unspecified atom stereocenters. The van der Waals surface area contributed by atoms with E-state index >= 15 is 0 Å². The van der Waals surface area contributed by atoms with E-state index in [4.69, 9.17) is 4.42 Å². The molecule has 1 aromatic heterocycles. The van der Waals surface area contributed by atoms with Crippen molar-refractivity contribution in [1.82, 2.24) is 4.98 Å². The summed E-state index contributed by atoms with van der Waals surface area (Å²) in [4.78, 5) is 16.4. The summed E-state index contributed by atoms with van der Waals surface area (Å²) in [7, 11) is -3.31. The van der Waals surface area contributed by atoms with Crippen LogP contribution in [0, 0.1) is 0 Å². The second-order valence-corrected chi connectivity index (χ2v) is 8.13. The van der Waals surface area contributed by atoms with Crippen molar-refractivity contribution in [3.63, 3.8) is 0 Å². The van der Waals surface area contributed by atoms with E-state index in [9.17, 15) is 18.3 Å². The summed E-state index contributed by atoms with van der Waals surface area (Å²) in [6.45, 7) is 1.53. The maximum Gasteiger partial charge on any atom is 0.323 e. The maximum absolute atomic E-state index is 12.1. The zero-order chi connectivity index (χ0) is 18.9. The zero-order valence-corrected chi connectivity index (χ0v) is 15.0. The Morgan fingerprint density at radius 3 is 2.31 bits per heavy atom. The van der Waals surface area contributed by atoms with E-state index in [0.29, 0.717) is 16.7 Å². The summed E-state index contributed by atoms with van der Waals surface area (Å²) >= 11 is 0.